The molecule has 9 heteroatoms. The second-order valence-corrected chi connectivity index (χ2v) is 9.81. The van der Waals surface area contributed by atoms with Gasteiger partial charge in [0, 0.05) is 16.6 Å². The zero-order chi connectivity index (χ0) is 21.5. The van der Waals surface area contributed by atoms with Crippen LogP contribution in [0.2, 0.25) is 0 Å². The Morgan fingerprint density at radius 3 is 3.00 bits per heavy atom. The highest BCUT2D eigenvalue weighted by molar-refractivity contribution is 7.99. The van der Waals surface area contributed by atoms with Gasteiger partial charge in [0.2, 0.25) is 12.7 Å². The normalized spacial score (nSPS) is 14.1. The van der Waals surface area contributed by atoms with Crippen molar-refractivity contribution in [3.63, 3.8) is 0 Å². The van der Waals surface area contributed by atoms with E-state index in [9.17, 15) is 9.59 Å². The van der Waals surface area contributed by atoms with Crippen LogP contribution in [0.15, 0.2) is 40.3 Å². The van der Waals surface area contributed by atoms with Crippen LogP contribution < -0.4 is 25.3 Å². The summed E-state index contributed by atoms with van der Waals surface area (Å²) in [6.07, 6.45) is 3.09. The zero-order valence-electron chi connectivity index (χ0n) is 17.1. The average Bonchev–Trinajstić information content (AvgIpc) is 3.43. The number of nitrogens with zero attached hydrogens (tertiary/aromatic N) is 1. The Morgan fingerprint density at radius 2 is 2.16 bits per heavy atom. The molecule has 3 aromatic rings. The first kappa shape index (κ1) is 20.1. The third kappa shape index (κ3) is 3.83. The summed E-state index contributed by atoms with van der Waals surface area (Å²) in [5.41, 5.74) is 2.71. The van der Waals surface area contributed by atoms with Crippen molar-refractivity contribution >= 4 is 44.9 Å². The van der Waals surface area contributed by atoms with Crippen LogP contribution in [0.5, 0.6) is 11.5 Å². The fraction of sp³-hybridized carbons (Fsp3) is 0.318. The van der Waals surface area contributed by atoms with Gasteiger partial charge in [0.1, 0.15) is 11.9 Å². The first-order valence-corrected chi connectivity index (χ1v) is 11.9. The van der Waals surface area contributed by atoms with Gasteiger partial charge in [-0.05, 0) is 61.2 Å². The first-order valence-electron chi connectivity index (χ1n) is 10.1. The molecule has 5 rings (SSSR count). The predicted octanol–water partition coefficient (Wildman–Crippen LogP) is 3.40. The van der Waals surface area contributed by atoms with Gasteiger partial charge in [0.05, 0.1) is 5.75 Å². The lowest BCUT2D eigenvalue weighted by Gasteiger charge is -2.07. The molecule has 1 amide bonds. The molecule has 1 aliphatic heterocycles. The van der Waals surface area contributed by atoms with Crippen LogP contribution in [0.25, 0.3) is 10.2 Å². The molecule has 0 atom stereocenters. The number of allylic oxidation sites excluding steroid dienone is 1. The van der Waals surface area contributed by atoms with E-state index in [1.54, 1.807) is 34.1 Å². The molecule has 0 saturated heterocycles. The summed E-state index contributed by atoms with van der Waals surface area (Å²) in [5.74, 6) is 1.28. The van der Waals surface area contributed by atoms with Gasteiger partial charge in [-0.1, -0.05) is 17.9 Å². The number of anilines is 1. The number of thioether (sulfide) groups is 1. The monoisotopic (exact) mass is 456 g/mol. The van der Waals surface area contributed by atoms with Crippen LogP contribution in [0.4, 0.5) is 5.69 Å². The molecule has 0 bridgehead atoms. The van der Waals surface area contributed by atoms with Crippen molar-refractivity contribution in [1.82, 2.24) is 4.57 Å². The minimum atomic E-state index is -0.166. The van der Waals surface area contributed by atoms with Crippen molar-refractivity contribution in [2.24, 2.45) is 0 Å². The number of ether oxygens (including phenoxy) is 2. The highest BCUT2D eigenvalue weighted by Crippen LogP contribution is 2.35. The van der Waals surface area contributed by atoms with Crippen molar-refractivity contribution < 1.29 is 19.3 Å². The van der Waals surface area contributed by atoms with E-state index < -0.39 is 0 Å². The fourth-order valence-corrected chi connectivity index (χ4v) is 6.11. The van der Waals surface area contributed by atoms with E-state index >= 15 is 0 Å². The number of fused-ring (bicyclic) bond motifs is 4. The van der Waals surface area contributed by atoms with Crippen molar-refractivity contribution in [3.05, 3.63) is 51.1 Å². The topological polar surface area (TPSA) is 83.7 Å². The van der Waals surface area contributed by atoms with Crippen molar-refractivity contribution in [1.29, 1.82) is 0 Å². The molecular weight excluding hydrogens is 434 g/mol. The van der Waals surface area contributed by atoms with Crippen LogP contribution in [-0.4, -0.2) is 23.0 Å². The second-order valence-electron chi connectivity index (χ2n) is 7.74. The molecule has 0 fully saturated rings. The maximum atomic E-state index is 13.3. The molecule has 2 aliphatic rings. The SMILES string of the molecule is C=C(C)Cn1c(SCC(=O)Nc2ccc3c(c2)OCO3)[nH+]c2sc3c(c2c1=O)CCC3. The molecule has 3 heterocycles. The third-order valence-corrected chi connectivity index (χ3v) is 7.48. The second kappa shape index (κ2) is 8.05. The summed E-state index contributed by atoms with van der Waals surface area (Å²) in [4.78, 5) is 31.5. The standard InChI is InChI=1S/C22H21N3O4S2/c1-12(2)9-25-21(27)19-14-4-3-5-17(14)31-20(19)24-22(25)30-10-18(26)23-13-6-7-15-16(8-13)29-11-28-15/h6-8H,1,3-5,9-11H2,2H3,(H,23,26)/p+1. The molecule has 7 nitrogen and oxygen atoms in total. The van der Waals surface area contributed by atoms with Gasteiger partial charge in [0.25, 0.3) is 0 Å². The summed E-state index contributed by atoms with van der Waals surface area (Å²) in [6.45, 7) is 6.48. The number of H-pyrrole nitrogens is 1. The molecule has 1 aromatic carbocycles. The predicted molar refractivity (Wildman–Crippen MR) is 121 cm³/mol. The summed E-state index contributed by atoms with van der Waals surface area (Å²) in [7, 11) is 0. The third-order valence-electron chi connectivity index (χ3n) is 5.27. The van der Waals surface area contributed by atoms with Crippen molar-refractivity contribution in [3.8, 4) is 11.5 Å². The zero-order valence-corrected chi connectivity index (χ0v) is 18.7. The van der Waals surface area contributed by atoms with E-state index in [-0.39, 0.29) is 24.0 Å². The number of carbonyl (C=O) groups excluding carboxylic acids is 1. The first-order chi connectivity index (χ1) is 15.0. The van der Waals surface area contributed by atoms with E-state index in [1.807, 2.05) is 6.92 Å². The number of hydrogen-bond acceptors (Lipinski definition) is 6. The van der Waals surface area contributed by atoms with Crippen LogP contribution >= 0.6 is 23.1 Å². The highest BCUT2D eigenvalue weighted by atomic mass is 32.2. The average molecular weight is 457 g/mol. The maximum Gasteiger partial charge on any atom is 0.347 e. The molecule has 1 aliphatic carbocycles. The minimum absolute atomic E-state index is 0.00479. The largest absolute Gasteiger partial charge is 0.454 e. The number of thiophene rings is 1. The number of amides is 1. The number of benzene rings is 1. The molecule has 0 radical (unpaired) electrons. The molecule has 0 unspecified atom stereocenters. The number of carbonyl (C=O) groups is 1. The van der Waals surface area contributed by atoms with Crippen LogP contribution in [-0.2, 0) is 24.2 Å². The molecule has 2 aromatic heterocycles. The fourth-order valence-electron chi connectivity index (χ4n) is 3.94. The van der Waals surface area contributed by atoms with Gasteiger partial charge in [0.15, 0.2) is 16.3 Å². The van der Waals surface area contributed by atoms with Crippen LogP contribution in [0.1, 0.15) is 23.8 Å². The summed E-state index contributed by atoms with van der Waals surface area (Å²) in [5, 5.41) is 4.34. The summed E-state index contributed by atoms with van der Waals surface area (Å²) >= 11 is 2.98. The van der Waals surface area contributed by atoms with E-state index in [0.29, 0.717) is 28.9 Å². The Balaban J connectivity index is 1.38. The Hall–Kier alpha value is -2.78. The molecular formula is C22H22N3O4S2+. The molecule has 0 saturated carbocycles. The van der Waals surface area contributed by atoms with E-state index in [2.05, 4.69) is 16.9 Å². The van der Waals surface area contributed by atoms with Crippen molar-refractivity contribution in [2.45, 2.75) is 37.9 Å². The number of aromatic amines is 1. The van der Waals surface area contributed by atoms with Gasteiger partial charge < -0.3 is 14.8 Å². The summed E-state index contributed by atoms with van der Waals surface area (Å²) < 4.78 is 12.4. The van der Waals surface area contributed by atoms with Crippen molar-refractivity contribution in [2.75, 3.05) is 17.9 Å². The number of rotatable bonds is 6. The maximum absolute atomic E-state index is 13.3. The number of hydrogen-bond donors (Lipinski definition) is 1. The number of aromatic nitrogens is 2. The summed E-state index contributed by atoms with van der Waals surface area (Å²) in [6, 6.07) is 5.29. The Labute approximate surface area is 187 Å². The Morgan fingerprint density at radius 1 is 1.32 bits per heavy atom. The van der Waals surface area contributed by atoms with Crippen LogP contribution in [0.3, 0.4) is 0 Å². The van der Waals surface area contributed by atoms with Crippen LogP contribution in [0, 0.1) is 0 Å². The molecule has 0 spiro atoms. The van der Waals surface area contributed by atoms with Gasteiger partial charge in [-0.2, -0.15) is 4.57 Å². The lowest BCUT2D eigenvalue weighted by molar-refractivity contribution is -0.404. The molecule has 2 N–H and O–H groups in total. The minimum Gasteiger partial charge on any atom is -0.454 e. The van der Waals surface area contributed by atoms with Gasteiger partial charge in [-0.3, -0.25) is 4.79 Å². The number of nitrogens with one attached hydrogen (secondary N) is 2. The Kier molecular flexibility index (Phi) is 5.23. The number of aryl methyl sites for hydroxylation is 2. The quantitative estimate of drug-likeness (QED) is 0.349. The van der Waals surface area contributed by atoms with Gasteiger partial charge in [-0.15, -0.1) is 0 Å². The van der Waals surface area contributed by atoms with E-state index in [4.69, 9.17) is 9.47 Å². The smallest absolute Gasteiger partial charge is 0.347 e. The van der Waals surface area contributed by atoms with E-state index in [1.165, 1.54) is 22.2 Å². The van der Waals surface area contributed by atoms with Gasteiger partial charge in [-0.25, -0.2) is 9.78 Å². The molecule has 31 heavy (non-hydrogen) atoms. The van der Waals surface area contributed by atoms with E-state index in [0.717, 1.165) is 35.1 Å². The highest BCUT2D eigenvalue weighted by Gasteiger charge is 2.27. The van der Waals surface area contributed by atoms with Gasteiger partial charge >= 0.3 is 10.7 Å². The molecule has 160 valence electrons. The Bertz CT molecular complexity index is 1280. The lowest BCUT2D eigenvalue weighted by Crippen LogP contribution is -2.30. The lowest BCUT2D eigenvalue weighted by atomic mass is 10.2.